The molecular formula is C20H36N2O3Si. The highest BCUT2D eigenvalue weighted by Crippen LogP contribution is 2.36. The molecule has 0 spiro atoms. The van der Waals surface area contributed by atoms with Gasteiger partial charge in [0, 0.05) is 0 Å². The molecule has 1 aromatic rings. The van der Waals surface area contributed by atoms with E-state index in [9.17, 15) is 4.79 Å². The zero-order valence-electron chi connectivity index (χ0n) is 17.6. The van der Waals surface area contributed by atoms with Crippen LogP contribution in [0.25, 0.3) is 0 Å². The van der Waals surface area contributed by atoms with Gasteiger partial charge in [-0.2, -0.15) is 0 Å². The smallest absolute Gasteiger partial charge is 0.408 e. The van der Waals surface area contributed by atoms with E-state index in [1.54, 1.807) is 0 Å². The molecular weight excluding hydrogens is 344 g/mol. The third kappa shape index (κ3) is 7.09. The van der Waals surface area contributed by atoms with Crippen LogP contribution >= 0.6 is 0 Å². The molecule has 0 unspecified atom stereocenters. The Kier molecular flexibility index (Phi) is 7.45. The van der Waals surface area contributed by atoms with Gasteiger partial charge in [0.15, 0.2) is 8.32 Å². The van der Waals surface area contributed by atoms with E-state index in [1.807, 2.05) is 51.1 Å². The quantitative estimate of drug-likeness (QED) is 0.707. The molecule has 0 radical (unpaired) electrons. The molecule has 0 saturated heterocycles. The third-order valence-electron chi connectivity index (χ3n) is 4.75. The highest BCUT2D eigenvalue weighted by Gasteiger charge is 2.38. The highest BCUT2D eigenvalue weighted by molar-refractivity contribution is 6.74. The summed E-state index contributed by atoms with van der Waals surface area (Å²) in [5, 5.41) is 2.99. The average Bonchev–Trinajstić information content (AvgIpc) is 2.48. The Morgan fingerprint density at radius 3 is 2.12 bits per heavy atom. The fourth-order valence-corrected chi connectivity index (χ4v) is 3.15. The van der Waals surface area contributed by atoms with Gasteiger partial charge in [-0.1, -0.05) is 51.1 Å². The van der Waals surface area contributed by atoms with Crippen LogP contribution in [0.4, 0.5) is 4.79 Å². The molecule has 0 aliphatic carbocycles. The van der Waals surface area contributed by atoms with Crippen molar-refractivity contribution in [3.05, 3.63) is 35.9 Å². The van der Waals surface area contributed by atoms with Gasteiger partial charge in [-0.25, -0.2) is 4.79 Å². The van der Waals surface area contributed by atoms with Crippen molar-refractivity contribution in [1.82, 2.24) is 5.32 Å². The van der Waals surface area contributed by atoms with E-state index in [0.29, 0.717) is 6.61 Å². The number of amides is 1. The van der Waals surface area contributed by atoms with Gasteiger partial charge in [0.25, 0.3) is 0 Å². The Bertz CT molecular complexity index is 577. The van der Waals surface area contributed by atoms with Crippen LogP contribution in [0.15, 0.2) is 30.3 Å². The first-order valence-corrected chi connectivity index (χ1v) is 12.1. The number of nitrogens with one attached hydrogen (secondary N) is 1. The second-order valence-corrected chi connectivity index (χ2v) is 14.1. The average molecular weight is 381 g/mol. The summed E-state index contributed by atoms with van der Waals surface area (Å²) in [5.41, 5.74) is 6.84. The van der Waals surface area contributed by atoms with Crippen molar-refractivity contribution in [2.75, 3.05) is 6.61 Å². The molecule has 6 heteroatoms. The zero-order chi connectivity index (χ0) is 20.2. The van der Waals surface area contributed by atoms with Crippen LogP contribution in [-0.4, -0.2) is 32.7 Å². The summed E-state index contributed by atoms with van der Waals surface area (Å²) in [6, 6.07) is 8.98. The van der Waals surface area contributed by atoms with Crippen molar-refractivity contribution in [3.8, 4) is 0 Å². The van der Waals surface area contributed by atoms with Crippen molar-refractivity contribution in [1.29, 1.82) is 0 Å². The number of ether oxygens (including phenoxy) is 1. The molecule has 2 atom stereocenters. The summed E-state index contributed by atoms with van der Waals surface area (Å²) in [7, 11) is -1.96. The summed E-state index contributed by atoms with van der Waals surface area (Å²) in [4.78, 5) is 12.3. The van der Waals surface area contributed by atoms with Crippen molar-refractivity contribution >= 4 is 14.4 Å². The van der Waals surface area contributed by atoms with E-state index in [-0.39, 0.29) is 17.1 Å². The maximum absolute atomic E-state index is 12.3. The summed E-state index contributed by atoms with van der Waals surface area (Å²) in [5.74, 6) is 0. The topological polar surface area (TPSA) is 73.6 Å². The van der Waals surface area contributed by atoms with Gasteiger partial charge in [-0.3, -0.25) is 0 Å². The highest BCUT2D eigenvalue weighted by atomic mass is 28.4. The Hall–Kier alpha value is -1.37. The number of hydrogen-bond donors (Lipinski definition) is 2. The zero-order valence-corrected chi connectivity index (χ0v) is 18.6. The van der Waals surface area contributed by atoms with Crippen LogP contribution in [-0.2, 0) is 9.16 Å². The number of carbonyl (C=O) groups excluding carboxylic acids is 1. The van der Waals surface area contributed by atoms with E-state index in [1.165, 1.54) is 0 Å². The van der Waals surface area contributed by atoms with Crippen LogP contribution in [0.5, 0.6) is 0 Å². The van der Waals surface area contributed by atoms with Crippen LogP contribution in [0.2, 0.25) is 18.1 Å². The second kappa shape index (κ2) is 8.54. The number of benzene rings is 1. The first-order chi connectivity index (χ1) is 11.7. The van der Waals surface area contributed by atoms with Crippen LogP contribution in [0.3, 0.4) is 0 Å². The van der Waals surface area contributed by atoms with Gasteiger partial charge < -0.3 is 20.2 Å². The molecule has 0 bridgehead atoms. The molecule has 0 aliphatic heterocycles. The summed E-state index contributed by atoms with van der Waals surface area (Å²) >= 11 is 0. The van der Waals surface area contributed by atoms with Crippen molar-refractivity contribution < 1.29 is 14.0 Å². The van der Waals surface area contributed by atoms with Gasteiger partial charge >= 0.3 is 6.09 Å². The maximum Gasteiger partial charge on any atom is 0.408 e. The first kappa shape index (κ1) is 22.7. The predicted molar refractivity (Wildman–Crippen MR) is 110 cm³/mol. The van der Waals surface area contributed by atoms with Crippen molar-refractivity contribution in [2.24, 2.45) is 5.73 Å². The lowest BCUT2D eigenvalue weighted by atomic mass is 10.0. The normalized spacial score (nSPS) is 15.3. The van der Waals surface area contributed by atoms with Crippen LogP contribution in [0, 0.1) is 0 Å². The molecule has 5 nitrogen and oxygen atoms in total. The summed E-state index contributed by atoms with van der Waals surface area (Å²) < 4.78 is 11.7. The van der Waals surface area contributed by atoms with Crippen molar-refractivity contribution in [2.45, 2.75) is 77.4 Å². The Morgan fingerprint density at radius 2 is 1.65 bits per heavy atom. The number of carbonyl (C=O) groups is 1. The van der Waals surface area contributed by atoms with Crippen LogP contribution in [0.1, 0.15) is 53.1 Å². The number of nitrogens with two attached hydrogens (primary N) is 1. The van der Waals surface area contributed by atoms with E-state index >= 15 is 0 Å². The molecule has 26 heavy (non-hydrogen) atoms. The van der Waals surface area contributed by atoms with E-state index in [0.717, 1.165) is 5.56 Å². The molecule has 3 N–H and O–H groups in total. The summed E-state index contributed by atoms with van der Waals surface area (Å²) in [6.45, 7) is 16.8. The van der Waals surface area contributed by atoms with Gasteiger partial charge in [0.05, 0.1) is 18.7 Å². The van der Waals surface area contributed by atoms with Gasteiger partial charge in [0.2, 0.25) is 0 Å². The largest absolute Gasteiger partial charge is 0.444 e. The molecule has 0 aromatic heterocycles. The lowest BCUT2D eigenvalue weighted by Crippen LogP contribution is -2.50. The minimum atomic E-state index is -1.96. The predicted octanol–water partition coefficient (Wildman–Crippen LogP) is 4.60. The lowest BCUT2D eigenvalue weighted by Gasteiger charge is -2.38. The van der Waals surface area contributed by atoms with E-state index < -0.39 is 20.0 Å². The Labute approximate surface area is 159 Å². The SMILES string of the molecule is CC(C)(C)OC(=O)N[C@H](CO[Si](C)(C)C(C)(C)C)[C@@H](N)c1ccccc1. The Morgan fingerprint density at radius 1 is 1.12 bits per heavy atom. The minimum Gasteiger partial charge on any atom is -0.444 e. The molecule has 1 aromatic carbocycles. The minimum absolute atomic E-state index is 0.0836. The standard InChI is InChI=1S/C20H36N2O3Si/c1-19(2,3)25-18(23)22-16(14-24-26(7,8)20(4,5)6)17(21)15-12-10-9-11-13-15/h9-13,16-17H,14,21H2,1-8H3,(H,22,23)/t16-,17+/m1/s1. The maximum atomic E-state index is 12.3. The molecule has 148 valence electrons. The van der Waals surface area contributed by atoms with Gasteiger partial charge in [0.1, 0.15) is 5.60 Å². The lowest BCUT2D eigenvalue weighted by molar-refractivity contribution is 0.0474. The number of hydrogen-bond acceptors (Lipinski definition) is 4. The fraction of sp³-hybridized carbons (Fsp3) is 0.650. The number of rotatable bonds is 6. The molecule has 1 amide bonds. The fourth-order valence-electron chi connectivity index (χ4n) is 2.12. The molecule has 0 aliphatic rings. The van der Waals surface area contributed by atoms with E-state index in [2.05, 4.69) is 39.2 Å². The van der Waals surface area contributed by atoms with Crippen LogP contribution < -0.4 is 11.1 Å². The number of alkyl carbamates (subject to hydrolysis) is 1. The second-order valence-electron chi connectivity index (χ2n) is 9.26. The van der Waals surface area contributed by atoms with Crippen molar-refractivity contribution in [3.63, 3.8) is 0 Å². The molecule has 0 heterocycles. The first-order valence-electron chi connectivity index (χ1n) is 9.17. The third-order valence-corrected chi connectivity index (χ3v) is 9.25. The summed E-state index contributed by atoms with van der Waals surface area (Å²) in [6.07, 6.45) is -0.479. The van der Waals surface area contributed by atoms with E-state index in [4.69, 9.17) is 14.9 Å². The molecule has 0 saturated carbocycles. The monoisotopic (exact) mass is 380 g/mol. The molecule has 1 rings (SSSR count). The molecule has 0 fully saturated rings. The Balaban J connectivity index is 2.93. The van der Waals surface area contributed by atoms with Gasteiger partial charge in [-0.15, -0.1) is 0 Å². The van der Waals surface area contributed by atoms with Gasteiger partial charge in [-0.05, 0) is 44.5 Å².